The molecule has 0 spiro atoms. The number of aromatic nitrogens is 1. The number of amides is 1. The Bertz CT molecular complexity index is 734. The Morgan fingerprint density at radius 1 is 1.36 bits per heavy atom. The average Bonchev–Trinajstić information content (AvgIpc) is 3.07. The zero-order chi connectivity index (χ0) is 18.0. The van der Waals surface area contributed by atoms with Crippen LogP contribution in [0.3, 0.4) is 0 Å². The lowest BCUT2D eigenvalue weighted by molar-refractivity contribution is -0.00159. The third-order valence-corrected chi connectivity index (χ3v) is 4.08. The van der Waals surface area contributed by atoms with E-state index < -0.39 is 5.60 Å². The first-order valence-electron chi connectivity index (χ1n) is 8.44. The van der Waals surface area contributed by atoms with Crippen molar-refractivity contribution in [3.05, 3.63) is 41.6 Å². The fourth-order valence-electron chi connectivity index (χ4n) is 2.98. The highest BCUT2D eigenvalue weighted by atomic mass is 16.6. The summed E-state index contributed by atoms with van der Waals surface area (Å²) in [6.07, 6.45) is 1.90. The van der Waals surface area contributed by atoms with Crippen LogP contribution in [-0.2, 0) is 15.9 Å². The van der Waals surface area contributed by atoms with Crippen LogP contribution in [0.15, 0.2) is 35.0 Å². The van der Waals surface area contributed by atoms with Gasteiger partial charge < -0.3 is 18.9 Å². The maximum atomic E-state index is 12.2. The molecule has 0 bridgehead atoms. The Morgan fingerprint density at radius 2 is 2.16 bits per heavy atom. The van der Waals surface area contributed by atoms with Crippen molar-refractivity contribution in [2.24, 2.45) is 0 Å². The smallest absolute Gasteiger partial charge is 0.410 e. The summed E-state index contributed by atoms with van der Waals surface area (Å²) < 4.78 is 16.7. The SMILES string of the molecule is CN(C[C@H]1OCCc2c(-c3ccno3)cccc21)C(=O)OC(C)(C)C. The van der Waals surface area contributed by atoms with Gasteiger partial charge in [-0.25, -0.2) is 4.79 Å². The minimum absolute atomic E-state index is 0.191. The molecule has 1 aliphatic heterocycles. The second-order valence-electron chi connectivity index (χ2n) is 7.22. The van der Waals surface area contributed by atoms with E-state index in [0.717, 1.165) is 23.3 Å². The van der Waals surface area contributed by atoms with Gasteiger partial charge in [0.25, 0.3) is 0 Å². The standard InChI is InChI=1S/C19H24N2O4/c1-19(2,3)24-18(22)21(4)12-17-15-7-5-6-14(13(15)9-11-23-17)16-8-10-20-25-16/h5-8,10,17H,9,11-12H2,1-4H3/t17-/m1/s1. The zero-order valence-corrected chi connectivity index (χ0v) is 15.1. The maximum absolute atomic E-state index is 12.2. The Balaban J connectivity index is 1.80. The van der Waals surface area contributed by atoms with Gasteiger partial charge in [0.2, 0.25) is 0 Å². The molecule has 0 radical (unpaired) electrons. The molecule has 0 N–H and O–H groups in total. The maximum Gasteiger partial charge on any atom is 0.410 e. The number of ether oxygens (including phenoxy) is 2. The monoisotopic (exact) mass is 344 g/mol. The largest absolute Gasteiger partial charge is 0.444 e. The molecule has 1 aromatic heterocycles. The highest BCUT2D eigenvalue weighted by Crippen LogP contribution is 2.34. The number of carbonyl (C=O) groups is 1. The van der Waals surface area contributed by atoms with Crippen LogP contribution in [0.5, 0.6) is 0 Å². The van der Waals surface area contributed by atoms with Gasteiger partial charge in [-0.05, 0) is 38.3 Å². The van der Waals surface area contributed by atoms with Gasteiger partial charge in [-0.1, -0.05) is 23.4 Å². The summed E-state index contributed by atoms with van der Waals surface area (Å²) in [5.41, 5.74) is 2.78. The number of hydrogen-bond donors (Lipinski definition) is 0. The molecule has 6 nitrogen and oxygen atoms in total. The Hall–Kier alpha value is -2.34. The summed E-state index contributed by atoms with van der Waals surface area (Å²) in [5.74, 6) is 0.748. The van der Waals surface area contributed by atoms with Gasteiger partial charge in [-0.2, -0.15) is 0 Å². The fraction of sp³-hybridized carbons (Fsp3) is 0.474. The lowest BCUT2D eigenvalue weighted by Crippen LogP contribution is -2.38. The third-order valence-electron chi connectivity index (χ3n) is 4.08. The van der Waals surface area contributed by atoms with Crippen LogP contribution in [0.4, 0.5) is 4.79 Å². The number of fused-ring (bicyclic) bond motifs is 1. The molecule has 2 aromatic rings. The molecule has 2 heterocycles. The van der Waals surface area contributed by atoms with Crippen LogP contribution in [-0.4, -0.2) is 42.0 Å². The van der Waals surface area contributed by atoms with E-state index >= 15 is 0 Å². The highest BCUT2D eigenvalue weighted by Gasteiger charge is 2.28. The third kappa shape index (κ3) is 4.02. The van der Waals surface area contributed by atoms with E-state index in [1.54, 1.807) is 18.1 Å². The molecular weight excluding hydrogens is 320 g/mol. The van der Waals surface area contributed by atoms with Crippen molar-refractivity contribution < 1.29 is 18.8 Å². The van der Waals surface area contributed by atoms with Gasteiger partial charge >= 0.3 is 6.09 Å². The van der Waals surface area contributed by atoms with E-state index in [2.05, 4.69) is 5.16 Å². The molecule has 1 aliphatic rings. The van der Waals surface area contributed by atoms with E-state index in [1.807, 2.05) is 45.0 Å². The Labute approximate surface area is 147 Å². The first kappa shape index (κ1) is 17.5. The number of likely N-dealkylation sites (N-methyl/N-ethyl adjacent to an activating group) is 1. The minimum Gasteiger partial charge on any atom is -0.444 e. The molecule has 0 unspecified atom stereocenters. The summed E-state index contributed by atoms with van der Waals surface area (Å²) in [7, 11) is 1.73. The summed E-state index contributed by atoms with van der Waals surface area (Å²) in [4.78, 5) is 13.8. The minimum atomic E-state index is -0.518. The summed E-state index contributed by atoms with van der Waals surface area (Å²) in [6, 6.07) is 7.90. The molecule has 0 aliphatic carbocycles. The van der Waals surface area contributed by atoms with Gasteiger partial charge in [0.1, 0.15) is 11.7 Å². The number of carbonyl (C=O) groups excluding carboxylic acids is 1. The van der Waals surface area contributed by atoms with Gasteiger partial charge in [0.15, 0.2) is 5.76 Å². The van der Waals surface area contributed by atoms with Crippen molar-refractivity contribution in [2.45, 2.75) is 38.9 Å². The topological polar surface area (TPSA) is 64.8 Å². The summed E-state index contributed by atoms with van der Waals surface area (Å²) in [6.45, 7) is 6.60. The number of benzene rings is 1. The first-order valence-corrected chi connectivity index (χ1v) is 8.44. The average molecular weight is 344 g/mol. The normalized spacial score (nSPS) is 17.0. The van der Waals surface area contributed by atoms with Crippen LogP contribution >= 0.6 is 0 Å². The van der Waals surface area contributed by atoms with Crippen LogP contribution < -0.4 is 0 Å². The van der Waals surface area contributed by atoms with Crippen LogP contribution in [0.2, 0.25) is 0 Å². The second-order valence-corrected chi connectivity index (χ2v) is 7.22. The molecule has 0 saturated carbocycles. The molecule has 25 heavy (non-hydrogen) atoms. The van der Waals surface area contributed by atoms with E-state index in [1.165, 1.54) is 5.56 Å². The fourth-order valence-corrected chi connectivity index (χ4v) is 2.98. The first-order chi connectivity index (χ1) is 11.8. The zero-order valence-electron chi connectivity index (χ0n) is 15.1. The number of hydrogen-bond acceptors (Lipinski definition) is 5. The van der Waals surface area contributed by atoms with Gasteiger partial charge in [-0.15, -0.1) is 0 Å². The summed E-state index contributed by atoms with van der Waals surface area (Å²) >= 11 is 0. The molecule has 1 aromatic carbocycles. The van der Waals surface area contributed by atoms with E-state index in [0.29, 0.717) is 13.2 Å². The van der Waals surface area contributed by atoms with Crippen molar-refractivity contribution in [1.29, 1.82) is 0 Å². The van der Waals surface area contributed by atoms with Crippen LogP contribution in [0.25, 0.3) is 11.3 Å². The second kappa shape index (κ2) is 6.88. The van der Waals surface area contributed by atoms with Gasteiger partial charge in [0, 0.05) is 18.7 Å². The van der Waals surface area contributed by atoms with Crippen LogP contribution in [0, 0.1) is 0 Å². The number of rotatable bonds is 3. The van der Waals surface area contributed by atoms with E-state index in [9.17, 15) is 4.79 Å². The molecule has 0 fully saturated rings. The van der Waals surface area contributed by atoms with Crippen molar-refractivity contribution in [1.82, 2.24) is 10.1 Å². The number of nitrogens with zero attached hydrogens (tertiary/aromatic N) is 2. The molecule has 134 valence electrons. The summed E-state index contributed by atoms with van der Waals surface area (Å²) in [5, 5.41) is 3.80. The molecular formula is C19H24N2O4. The lowest BCUT2D eigenvalue weighted by atomic mass is 9.91. The molecule has 3 rings (SSSR count). The molecule has 1 atom stereocenters. The van der Waals surface area contributed by atoms with Crippen molar-refractivity contribution in [3.8, 4) is 11.3 Å². The molecule has 1 amide bonds. The van der Waals surface area contributed by atoms with Crippen molar-refractivity contribution in [2.75, 3.05) is 20.2 Å². The highest BCUT2D eigenvalue weighted by molar-refractivity contribution is 5.68. The molecule has 0 saturated heterocycles. The van der Waals surface area contributed by atoms with E-state index in [4.69, 9.17) is 14.0 Å². The predicted molar refractivity (Wildman–Crippen MR) is 93.2 cm³/mol. The van der Waals surface area contributed by atoms with Crippen LogP contribution in [0.1, 0.15) is 38.0 Å². The molecule has 6 heteroatoms. The van der Waals surface area contributed by atoms with Crippen molar-refractivity contribution in [3.63, 3.8) is 0 Å². The Morgan fingerprint density at radius 3 is 2.84 bits per heavy atom. The quantitative estimate of drug-likeness (QED) is 0.847. The van der Waals surface area contributed by atoms with Gasteiger partial charge in [0.05, 0.1) is 19.3 Å². The predicted octanol–water partition coefficient (Wildman–Crippen LogP) is 3.82. The van der Waals surface area contributed by atoms with Gasteiger partial charge in [-0.3, -0.25) is 0 Å². The lowest BCUT2D eigenvalue weighted by Gasteiger charge is -2.31. The Kier molecular flexibility index (Phi) is 4.81. The van der Waals surface area contributed by atoms with Crippen molar-refractivity contribution >= 4 is 6.09 Å². The van der Waals surface area contributed by atoms with E-state index in [-0.39, 0.29) is 12.2 Å².